The first-order valence-corrected chi connectivity index (χ1v) is 8.31. The normalized spacial score (nSPS) is 12.7. The summed E-state index contributed by atoms with van der Waals surface area (Å²) in [6.07, 6.45) is 2.44. The summed E-state index contributed by atoms with van der Waals surface area (Å²) in [5.74, 6) is 0.260. The molecule has 0 aliphatic heterocycles. The topological polar surface area (TPSA) is 37.4 Å². The third-order valence-electron chi connectivity index (χ3n) is 2.47. The molecule has 0 aliphatic carbocycles. The second kappa shape index (κ2) is 7.63. The number of alkyl halides is 1. The monoisotopic (exact) mass is 299 g/mol. The first-order valence-electron chi connectivity index (χ1n) is 5.58. The lowest BCUT2D eigenvalue weighted by molar-refractivity contribution is 0.317. The summed E-state index contributed by atoms with van der Waals surface area (Å²) in [6, 6.07) is 0.152. The molecule has 0 aromatic rings. The summed E-state index contributed by atoms with van der Waals surface area (Å²) in [5, 5.41) is 0.701. The van der Waals surface area contributed by atoms with Crippen LogP contribution in [-0.4, -0.2) is 36.4 Å². The van der Waals surface area contributed by atoms with Crippen LogP contribution < -0.4 is 0 Å². The number of halogens is 1. The van der Waals surface area contributed by atoms with Crippen molar-refractivity contribution in [2.45, 2.75) is 46.1 Å². The molecular formula is C10H22BrNO2S. The zero-order chi connectivity index (χ0) is 11.9. The molecule has 0 unspecified atom stereocenters. The lowest BCUT2D eigenvalue weighted by Gasteiger charge is -2.28. The number of rotatable bonds is 8. The van der Waals surface area contributed by atoms with E-state index in [1.807, 2.05) is 20.8 Å². The van der Waals surface area contributed by atoms with Crippen molar-refractivity contribution in [2.75, 3.05) is 17.6 Å². The van der Waals surface area contributed by atoms with Gasteiger partial charge in [-0.25, -0.2) is 8.42 Å². The highest BCUT2D eigenvalue weighted by Crippen LogP contribution is 2.15. The van der Waals surface area contributed by atoms with Gasteiger partial charge in [0.15, 0.2) is 0 Å². The molecule has 5 heteroatoms. The Morgan fingerprint density at radius 2 is 1.73 bits per heavy atom. The first-order chi connectivity index (χ1) is 7.03. The molecule has 0 radical (unpaired) electrons. The summed E-state index contributed by atoms with van der Waals surface area (Å²) in [7, 11) is -3.05. The van der Waals surface area contributed by atoms with E-state index in [1.165, 1.54) is 0 Å². The zero-order valence-corrected chi connectivity index (χ0v) is 12.3. The van der Waals surface area contributed by atoms with Crippen molar-refractivity contribution in [3.63, 3.8) is 0 Å². The van der Waals surface area contributed by atoms with Crippen LogP contribution in [0.2, 0.25) is 0 Å². The van der Waals surface area contributed by atoms with Gasteiger partial charge >= 0.3 is 0 Å². The summed E-state index contributed by atoms with van der Waals surface area (Å²) >= 11 is 3.31. The molecule has 0 heterocycles. The van der Waals surface area contributed by atoms with Crippen molar-refractivity contribution < 1.29 is 8.42 Å². The predicted octanol–water partition coefficient (Wildman–Crippen LogP) is 2.61. The minimum absolute atomic E-state index is 0.152. The van der Waals surface area contributed by atoms with Crippen molar-refractivity contribution >= 4 is 26.0 Å². The van der Waals surface area contributed by atoms with Gasteiger partial charge in [0.2, 0.25) is 10.0 Å². The Kier molecular flexibility index (Phi) is 7.83. The fourth-order valence-electron chi connectivity index (χ4n) is 1.70. The maximum atomic E-state index is 12.0. The number of nitrogens with zero attached hydrogens (tertiary/aromatic N) is 1. The smallest absolute Gasteiger partial charge is 0.212 e. The van der Waals surface area contributed by atoms with Gasteiger partial charge in [-0.15, -0.1) is 0 Å². The summed E-state index contributed by atoms with van der Waals surface area (Å²) in [5.41, 5.74) is 0. The average Bonchev–Trinajstić information content (AvgIpc) is 2.18. The molecular weight excluding hydrogens is 278 g/mol. The Morgan fingerprint density at radius 3 is 2.07 bits per heavy atom. The molecule has 15 heavy (non-hydrogen) atoms. The summed E-state index contributed by atoms with van der Waals surface area (Å²) < 4.78 is 25.6. The molecule has 0 aliphatic rings. The van der Waals surface area contributed by atoms with E-state index in [-0.39, 0.29) is 11.8 Å². The van der Waals surface area contributed by atoms with Crippen LogP contribution in [0.1, 0.15) is 40.0 Å². The quantitative estimate of drug-likeness (QED) is 0.646. The van der Waals surface area contributed by atoms with Gasteiger partial charge in [0.25, 0.3) is 0 Å². The molecule has 0 aromatic heterocycles. The van der Waals surface area contributed by atoms with Crippen molar-refractivity contribution in [1.82, 2.24) is 4.31 Å². The second-order valence-electron chi connectivity index (χ2n) is 3.59. The fourth-order valence-corrected chi connectivity index (χ4v) is 4.19. The van der Waals surface area contributed by atoms with Gasteiger partial charge in [-0.1, -0.05) is 36.7 Å². The molecule has 0 fully saturated rings. The van der Waals surface area contributed by atoms with Gasteiger partial charge in [-0.2, -0.15) is 4.31 Å². The van der Waals surface area contributed by atoms with E-state index in [4.69, 9.17) is 0 Å². The maximum Gasteiger partial charge on any atom is 0.214 e. The van der Waals surface area contributed by atoms with Crippen molar-refractivity contribution in [1.29, 1.82) is 0 Å². The molecule has 0 saturated heterocycles. The molecule has 0 spiro atoms. The van der Waals surface area contributed by atoms with Crippen LogP contribution in [0.25, 0.3) is 0 Å². The first kappa shape index (κ1) is 15.4. The molecule has 92 valence electrons. The van der Waals surface area contributed by atoms with Crippen molar-refractivity contribution in [2.24, 2.45) is 0 Å². The Labute approximate surface area is 102 Å². The molecule has 0 amide bonds. The number of sulfonamides is 1. The third-order valence-corrected chi connectivity index (χ3v) is 4.95. The van der Waals surface area contributed by atoms with Crippen LogP contribution in [-0.2, 0) is 10.0 Å². The Morgan fingerprint density at radius 1 is 1.20 bits per heavy atom. The van der Waals surface area contributed by atoms with Crippen LogP contribution in [0.15, 0.2) is 0 Å². The molecule has 0 atom stereocenters. The Hall–Kier alpha value is 0.390. The van der Waals surface area contributed by atoms with E-state index in [1.54, 1.807) is 4.31 Å². The highest BCUT2D eigenvalue weighted by atomic mass is 79.9. The average molecular weight is 300 g/mol. The van der Waals surface area contributed by atoms with Crippen LogP contribution in [0.3, 0.4) is 0 Å². The van der Waals surface area contributed by atoms with Gasteiger partial charge in [0, 0.05) is 17.9 Å². The van der Waals surface area contributed by atoms with Gasteiger partial charge in [-0.05, 0) is 19.3 Å². The minimum atomic E-state index is -3.05. The van der Waals surface area contributed by atoms with E-state index >= 15 is 0 Å². The summed E-state index contributed by atoms with van der Waals surface area (Å²) in [4.78, 5) is 0. The molecule has 0 saturated carbocycles. The molecule has 3 nitrogen and oxygen atoms in total. The number of hydrogen-bond acceptors (Lipinski definition) is 2. The Bertz CT molecular complexity index is 250. The highest BCUT2D eigenvalue weighted by molar-refractivity contribution is 9.09. The van der Waals surface area contributed by atoms with Gasteiger partial charge in [0.05, 0.1) is 5.75 Å². The standard InChI is InChI=1S/C10H22BrNO2S/c1-4-9-15(13,14)12(8-7-11)10(5-2)6-3/h10H,4-9H2,1-3H3. The molecule has 0 aromatic carbocycles. The van der Waals surface area contributed by atoms with Crippen LogP contribution in [0, 0.1) is 0 Å². The van der Waals surface area contributed by atoms with Crippen molar-refractivity contribution in [3.8, 4) is 0 Å². The largest absolute Gasteiger partial charge is 0.214 e. The lowest BCUT2D eigenvalue weighted by Crippen LogP contribution is -2.42. The lowest BCUT2D eigenvalue weighted by atomic mass is 10.2. The second-order valence-corrected chi connectivity index (χ2v) is 6.42. The van der Waals surface area contributed by atoms with E-state index in [2.05, 4.69) is 15.9 Å². The highest BCUT2D eigenvalue weighted by Gasteiger charge is 2.26. The third kappa shape index (κ3) is 4.83. The van der Waals surface area contributed by atoms with Gasteiger partial charge in [0.1, 0.15) is 0 Å². The van der Waals surface area contributed by atoms with Crippen molar-refractivity contribution in [3.05, 3.63) is 0 Å². The molecule has 0 rings (SSSR count). The van der Waals surface area contributed by atoms with E-state index < -0.39 is 10.0 Å². The van der Waals surface area contributed by atoms with Crippen LogP contribution in [0.4, 0.5) is 0 Å². The number of hydrogen-bond donors (Lipinski definition) is 0. The van der Waals surface area contributed by atoms with Gasteiger partial charge in [-0.3, -0.25) is 0 Å². The zero-order valence-electron chi connectivity index (χ0n) is 9.87. The molecule has 0 bridgehead atoms. The molecule has 0 N–H and O–H groups in total. The predicted molar refractivity (Wildman–Crippen MR) is 68.9 cm³/mol. The van der Waals surface area contributed by atoms with E-state index in [9.17, 15) is 8.42 Å². The van der Waals surface area contributed by atoms with Crippen LogP contribution in [0.5, 0.6) is 0 Å². The van der Waals surface area contributed by atoms with Gasteiger partial charge < -0.3 is 0 Å². The van der Waals surface area contributed by atoms with Crippen LogP contribution >= 0.6 is 15.9 Å². The fraction of sp³-hybridized carbons (Fsp3) is 1.00. The summed E-state index contributed by atoms with van der Waals surface area (Å²) in [6.45, 7) is 6.55. The minimum Gasteiger partial charge on any atom is -0.212 e. The Balaban J connectivity index is 4.77. The van der Waals surface area contributed by atoms with E-state index in [0.717, 1.165) is 12.8 Å². The maximum absolute atomic E-state index is 12.0. The SMILES string of the molecule is CCCS(=O)(=O)N(CCBr)C(CC)CC. The van der Waals surface area contributed by atoms with E-state index in [0.29, 0.717) is 18.3 Å².